The van der Waals surface area contributed by atoms with Crippen molar-refractivity contribution in [1.82, 2.24) is 13.5 Å². The van der Waals surface area contributed by atoms with Gasteiger partial charge in [-0.3, -0.25) is 0 Å². The zero-order valence-corrected chi connectivity index (χ0v) is 28.4. The molecule has 0 aliphatic carbocycles. The lowest BCUT2D eigenvalue weighted by Crippen LogP contribution is -2.37. The average Bonchev–Trinajstić information content (AvgIpc) is 3.59. The first-order chi connectivity index (χ1) is 21.7. The molecule has 11 nitrogen and oxygen atoms in total. The Morgan fingerprint density at radius 2 is 1.13 bits per heavy atom. The van der Waals surface area contributed by atoms with Crippen LogP contribution in [0.2, 0.25) is 0 Å². The van der Waals surface area contributed by atoms with E-state index in [1.807, 2.05) is 18.2 Å². The summed E-state index contributed by atoms with van der Waals surface area (Å²) in [5.41, 5.74) is 1.84. The molecule has 3 aliphatic heterocycles. The number of likely N-dealkylation sites (tertiary alicyclic amines) is 1. The molecule has 0 radical (unpaired) electrons. The first-order valence-corrected chi connectivity index (χ1v) is 19.2. The normalized spacial score (nSPS) is 19.0. The molecule has 3 aliphatic rings. The molecule has 0 aromatic heterocycles. The SMILES string of the molecule is COc1ccc(CCNc2cc(NCCN3CCCC3)c(S(=O)(=O)N3CCCCC3)cc2S(=O)(=O)N2CCCCC2)cc1OC. The highest BCUT2D eigenvalue weighted by Gasteiger charge is 2.34. The number of anilines is 2. The molecule has 0 unspecified atom stereocenters. The molecular formula is C32H49N5O6S2. The van der Waals surface area contributed by atoms with Gasteiger partial charge in [-0.15, -0.1) is 0 Å². The van der Waals surface area contributed by atoms with Crippen molar-refractivity contribution in [3.63, 3.8) is 0 Å². The van der Waals surface area contributed by atoms with Gasteiger partial charge >= 0.3 is 0 Å². The number of hydrogen-bond acceptors (Lipinski definition) is 9. The van der Waals surface area contributed by atoms with Crippen molar-refractivity contribution >= 4 is 31.4 Å². The zero-order chi connectivity index (χ0) is 31.9. The van der Waals surface area contributed by atoms with Crippen LogP contribution >= 0.6 is 0 Å². The predicted molar refractivity (Wildman–Crippen MR) is 178 cm³/mol. The largest absolute Gasteiger partial charge is 0.493 e. The number of rotatable bonds is 14. The summed E-state index contributed by atoms with van der Waals surface area (Å²) in [4.78, 5) is 2.41. The fraction of sp³-hybridized carbons (Fsp3) is 0.625. The molecule has 0 atom stereocenters. The topological polar surface area (TPSA) is 121 Å². The summed E-state index contributed by atoms with van der Waals surface area (Å²) in [6, 6.07) is 8.82. The molecular weight excluding hydrogens is 615 g/mol. The van der Waals surface area contributed by atoms with E-state index in [0.29, 0.717) is 68.6 Å². The van der Waals surface area contributed by atoms with Crippen LogP contribution in [0, 0.1) is 0 Å². The van der Waals surface area contributed by atoms with E-state index in [9.17, 15) is 16.8 Å². The van der Waals surface area contributed by atoms with Crippen LogP contribution in [0.1, 0.15) is 56.9 Å². The van der Waals surface area contributed by atoms with Gasteiger partial charge in [0.25, 0.3) is 0 Å². The Hall–Kier alpha value is -2.58. The second-order valence-electron chi connectivity index (χ2n) is 12.1. The van der Waals surface area contributed by atoms with Crippen molar-refractivity contribution in [2.75, 3.05) is 83.8 Å². The number of ether oxygens (including phenoxy) is 2. The van der Waals surface area contributed by atoms with Crippen LogP contribution in [0.3, 0.4) is 0 Å². The van der Waals surface area contributed by atoms with Crippen molar-refractivity contribution in [3.8, 4) is 11.5 Å². The van der Waals surface area contributed by atoms with Gasteiger partial charge in [-0.05, 0) is 87.9 Å². The second-order valence-corrected chi connectivity index (χ2v) is 15.9. The Morgan fingerprint density at radius 1 is 0.622 bits per heavy atom. The van der Waals surface area contributed by atoms with Crippen molar-refractivity contribution in [1.29, 1.82) is 0 Å². The highest BCUT2D eigenvalue weighted by atomic mass is 32.2. The van der Waals surface area contributed by atoms with E-state index in [4.69, 9.17) is 9.47 Å². The Bertz CT molecular complexity index is 1500. The Kier molecular flexibility index (Phi) is 11.5. The summed E-state index contributed by atoms with van der Waals surface area (Å²) in [5, 5.41) is 6.76. The van der Waals surface area contributed by atoms with Gasteiger partial charge in [0.2, 0.25) is 20.0 Å². The first kappa shape index (κ1) is 33.8. The van der Waals surface area contributed by atoms with Crippen LogP contribution in [0.25, 0.3) is 0 Å². The third kappa shape index (κ3) is 8.05. The number of nitrogens with one attached hydrogen (secondary N) is 2. The molecule has 0 spiro atoms. The van der Waals surface area contributed by atoms with Crippen LogP contribution in [-0.2, 0) is 26.5 Å². The van der Waals surface area contributed by atoms with Crippen molar-refractivity contribution in [2.45, 2.75) is 67.6 Å². The van der Waals surface area contributed by atoms with E-state index in [0.717, 1.165) is 63.7 Å². The second kappa shape index (κ2) is 15.3. The van der Waals surface area contributed by atoms with Gasteiger partial charge in [0.15, 0.2) is 11.5 Å². The fourth-order valence-electron chi connectivity index (χ4n) is 6.49. The van der Waals surface area contributed by atoms with Crippen LogP contribution < -0.4 is 20.1 Å². The van der Waals surface area contributed by atoms with Crippen LogP contribution in [0.15, 0.2) is 40.1 Å². The van der Waals surface area contributed by atoms with Crippen LogP contribution in [-0.4, -0.2) is 103 Å². The molecule has 0 saturated carbocycles. The van der Waals surface area contributed by atoms with Crippen molar-refractivity contribution in [2.24, 2.45) is 0 Å². The highest BCUT2D eigenvalue weighted by molar-refractivity contribution is 7.90. The van der Waals surface area contributed by atoms with Gasteiger partial charge in [0.1, 0.15) is 9.79 Å². The van der Waals surface area contributed by atoms with E-state index in [2.05, 4.69) is 15.5 Å². The van der Waals surface area contributed by atoms with Gasteiger partial charge in [0, 0.05) is 45.8 Å². The van der Waals surface area contributed by atoms with Crippen LogP contribution in [0.5, 0.6) is 11.5 Å². The number of benzene rings is 2. The molecule has 3 heterocycles. The van der Waals surface area contributed by atoms with E-state index in [-0.39, 0.29) is 9.79 Å². The summed E-state index contributed by atoms with van der Waals surface area (Å²) >= 11 is 0. The lowest BCUT2D eigenvalue weighted by Gasteiger charge is -2.30. The van der Waals surface area contributed by atoms with Gasteiger partial charge in [-0.1, -0.05) is 18.9 Å². The maximum atomic E-state index is 14.2. The third-order valence-electron chi connectivity index (χ3n) is 9.07. The Balaban J connectivity index is 1.50. The maximum absolute atomic E-state index is 14.2. The number of piperidine rings is 2. The summed E-state index contributed by atoms with van der Waals surface area (Å²) < 4.78 is 70.4. The van der Waals surface area contributed by atoms with E-state index in [1.54, 1.807) is 20.3 Å². The molecule has 13 heteroatoms. The molecule has 250 valence electrons. The van der Waals surface area contributed by atoms with Gasteiger partial charge in [-0.2, -0.15) is 8.61 Å². The number of nitrogens with zero attached hydrogens (tertiary/aromatic N) is 3. The fourth-order valence-corrected chi connectivity index (χ4v) is 9.95. The van der Waals surface area contributed by atoms with E-state index in [1.165, 1.54) is 27.5 Å². The number of methoxy groups -OCH3 is 2. The Morgan fingerprint density at radius 3 is 1.67 bits per heavy atom. The standard InChI is InChI=1S/C32H49N5O6S2/c1-42-29-12-11-26(23-30(29)43-2)13-14-33-27-24-28(34-15-22-35-16-9-10-17-35)32(45(40,41)37-20-7-4-8-21-37)25-31(27)44(38,39)36-18-5-3-6-19-36/h11-12,23-25,33-34H,3-10,13-22H2,1-2H3. The molecule has 3 saturated heterocycles. The minimum atomic E-state index is -3.96. The molecule has 2 N–H and O–H groups in total. The lowest BCUT2D eigenvalue weighted by atomic mass is 10.1. The molecule has 0 amide bonds. The smallest absolute Gasteiger partial charge is 0.245 e. The lowest BCUT2D eigenvalue weighted by molar-refractivity contribution is 0.345. The summed E-state index contributed by atoms with van der Waals surface area (Å²) in [6.45, 7) is 5.60. The first-order valence-electron chi connectivity index (χ1n) is 16.3. The van der Waals surface area contributed by atoms with E-state index >= 15 is 0 Å². The summed E-state index contributed by atoms with van der Waals surface area (Å²) in [6.07, 6.45) is 8.08. The molecule has 5 rings (SSSR count). The minimum Gasteiger partial charge on any atom is -0.493 e. The average molecular weight is 664 g/mol. The summed E-state index contributed by atoms with van der Waals surface area (Å²) in [5.74, 6) is 1.26. The van der Waals surface area contributed by atoms with Gasteiger partial charge in [0.05, 0.1) is 25.6 Å². The van der Waals surface area contributed by atoms with Gasteiger partial charge in [-0.25, -0.2) is 16.8 Å². The van der Waals surface area contributed by atoms with Crippen molar-refractivity contribution < 1.29 is 26.3 Å². The predicted octanol–water partition coefficient (Wildman–Crippen LogP) is 4.22. The minimum absolute atomic E-state index is 0.0115. The maximum Gasteiger partial charge on any atom is 0.245 e. The Labute approximate surface area is 269 Å². The molecule has 0 bridgehead atoms. The zero-order valence-electron chi connectivity index (χ0n) is 26.7. The van der Waals surface area contributed by atoms with Gasteiger partial charge < -0.3 is 25.0 Å². The third-order valence-corrected chi connectivity index (χ3v) is 12.9. The molecule has 2 aromatic carbocycles. The quantitative estimate of drug-likeness (QED) is 0.306. The summed E-state index contributed by atoms with van der Waals surface area (Å²) in [7, 11) is -4.70. The number of hydrogen-bond donors (Lipinski definition) is 2. The molecule has 3 fully saturated rings. The monoisotopic (exact) mass is 663 g/mol. The number of sulfonamides is 2. The highest BCUT2D eigenvalue weighted by Crippen LogP contribution is 2.37. The van der Waals surface area contributed by atoms with Crippen molar-refractivity contribution in [3.05, 3.63) is 35.9 Å². The molecule has 45 heavy (non-hydrogen) atoms. The molecule has 2 aromatic rings. The van der Waals surface area contributed by atoms with E-state index < -0.39 is 20.0 Å². The van der Waals surface area contributed by atoms with Crippen LogP contribution in [0.4, 0.5) is 11.4 Å².